The summed E-state index contributed by atoms with van der Waals surface area (Å²) in [6, 6.07) is 20.2. The Morgan fingerprint density at radius 1 is 0.979 bits per heavy atom. The topological polar surface area (TPSA) is 126 Å². The maximum atomic E-state index is 14.3. The molecule has 0 radical (unpaired) electrons. The summed E-state index contributed by atoms with van der Waals surface area (Å²) in [5.74, 6) is -0.969. The van der Waals surface area contributed by atoms with Gasteiger partial charge in [-0.3, -0.25) is 14.4 Å². The molecule has 47 heavy (non-hydrogen) atoms. The second-order valence-electron chi connectivity index (χ2n) is 11.7. The fourth-order valence-electron chi connectivity index (χ4n) is 5.61. The third-order valence-corrected chi connectivity index (χ3v) is 8.28. The number of carbonyl (C=O) groups excluding carboxylic acids is 3. The van der Waals surface area contributed by atoms with Crippen LogP contribution in [0.3, 0.4) is 0 Å². The van der Waals surface area contributed by atoms with E-state index in [0.717, 1.165) is 18.4 Å². The molecule has 5 rings (SSSR count). The third-order valence-electron chi connectivity index (χ3n) is 8.28. The minimum Gasteiger partial charge on any atom is -0.497 e. The highest BCUT2D eigenvalue weighted by atomic mass is 19.1. The number of halogens is 1. The van der Waals surface area contributed by atoms with E-state index in [2.05, 4.69) is 27.5 Å². The van der Waals surface area contributed by atoms with E-state index in [-0.39, 0.29) is 37.7 Å². The molecule has 1 aliphatic rings. The number of likely N-dealkylation sites (tertiary alicyclic amines) is 1. The fourth-order valence-corrected chi connectivity index (χ4v) is 5.61. The number of methoxy groups -OCH3 is 1. The fraction of sp³-hybridized carbons (Fsp3) is 0.333. The molecule has 2 atom stereocenters. The van der Waals surface area contributed by atoms with E-state index in [1.54, 1.807) is 66.7 Å². The number of benzene rings is 3. The lowest BCUT2D eigenvalue weighted by molar-refractivity contribution is -0.175. The first-order valence-corrected chi connectivity index (χ1v) is 15.8. The van der Waals surface area contributed by atoms with Crippen LogP contribution < -0.4 is 15.4 Å². The number of nitrogens with one attached hydrogen (secondary N) is 3. The van der Waals surface area contributed by atoms with Crippen molar-refractivity contribution in [3.63, 3.8) is 0 Å². The zero-order valence-electron chi connectivity index (χ0n) is 26.6. The van der Waals surface area contributed by atoms with Gasteiger partial charge in [0.25, 0.3) is 5.91 Å². The first-order chi connectivity index (χ1) is 22.8. The number of ether oxygens (including phenoxy) is 2. The summed E-state index contributed by atoms with van der Waals surface area (Å²) >= 11 is 0. The maximum Gasteiger partial charge on any atom is 0.251 e. The second kappa shape index (κ2) is 15.5. The number of imidazole rings is 1. The summed E-state index contributed by atoms with van der Waals surface area (Å²) in [5, 5.41) is 5.75. The van der Waals surface area contributed by atoms with Crippen molar-refractivity contribution >= 4 is 17.7 Å². The van der Waals surface area contributed by atoms with Crippen molar-refractivity contribution in [2.24, 2.45) is 0 Å². The van der Waals surface area contributed by atoms with Gasteiger partial charge in [0.2, 0.25) is 11.8 Å². The zero-order chi connectivity index (χ0) is 33.2. The number of unbranched alkanes of at least 4 members (excludes halogenated alkanes) is 1. The van der Waals surface area contributed by atoms with Crippen LogP contribution in [0, 0.1) is 5.82 Å². The average Bonchev–Trinajstić information content (AvgIpc) is 3.59. The van der Waals surface area contributed by atoms with Crippen LogP contribution in [0.15, 0.2) is 91.4 Å². The molecule has 1 saturated heterocycles. The molecule has 3 aromatic carbocycles. The number of carbonyl (C=O) groups is 3. The van der Waals surface area contributed by atoms with E-state index in [1.165, 1.54) is 18.5 Å². The number of amides is 3. The smallest absolute Gasteiger partial charge is 0.251 e. The zero-order valence-corrected chi connectivity index (χ0v) is 26.6. The minimum absolute atomic E-state index is 0.130. The Bertz CT molecular complexity index is 1630. The lowest BCUT2D eigenvalue weighted by atomic mass is 9.84. The Hall–Kier alpha value is -5.03. The molecule has 0 saturated carbocycles. The van der Waals surface area contributed by atoms with Gasteiger partial charge < -0.3 is 30.0 Å². The molecule has 10 nitrogen and oxygen atoms in total. The summed E-state index contributed by atoms with van der Waals surface area (Å²) < 4.78 is 25.8. The van der Waals surface area contributed by atoms with Crippen LogP contribution in [0.4, 0.5) is 4.39 Å². The Kier molecular flexibility index (Phi) is 11.0. The quantitative estimate of drug-likeness (QED) is 0.167. The van der Waals surface area contributed by atoms with Gasteiger partial charge in [-0.15, -0.1) is 0 Å². The summed E-state index contributed by atoms with van der Waals surface area (Å²) in [6.45, 7) is 2.94. The molecule has 3 amide bonds. The number of rotatable bonds is 15. The van der Waals surface area contributed by atoms with E-state index in [0.29, 0.717) is 29.2 Å². The van der Waals surface area contributed by atoms with Gasteiger partial charge in [-0.1, -0.05) is 55.8 Å². The highest BCUT2D eigenvalue weighted by molar-refractivity contribution is 5.98. The van der Waals surface area contributed by atoms with Crippen LogP contribution in [0.25, 0.3) is 0 Å². The predicted molar refractivity (Wildman–Crippen MR) is 174 cm³/mol. The van der Waals surface area contributed by atoms with Crippen molar-refractivity contribution in [3.8, 4) is 5.75 Å². The molecule has 0 unspecified atom stereocenters. The van der Waals surface area contributed by atoms with E-state index in [4.69, 9.17) is 9.47 Å². The molecule has 1 aromatic heterocycles. The monoisotopic (exact) mass is 641 g/mol. The molecule has 0 spiro atoms. The highest BCUT2D eigenvalue weighted by Crippen LogP contribution is 2.37. The van der Waals surface area contributed by atoms with Crippen molar-refractivity contribution in [2.45, 2.75) is 50.3 Å². The van der Waals surface area contributed by atoms with E-state index < -0.39 is 29.5 Å². The number of aromatic nitrogens is 2. The summed E-state index contributed by atoms with van der Waals surface area (Å²) in [7, 11) is 1.57. The number of nitrogens with zero attached hydrogens (tertiary/aromatic N) is 2. The number of hydrogen-bond donors (Lipinski definition) is 3. The lowest BCUT2D eigenvalue weighted by Crippen LogP contribution is -2.66. The van der Waals surface area contributed by atoms with E-state index >= 15 is 0 Å². The van der Waals surface area contributed by atoms with Crippen molar-refractivity contribution in [2.75, 3.05) is 26.8 Å². The second-order valence-corrected chi connectivity index (χ2v) is 11.7. The van der Waals surface area contributed by atoms with Gasteiger partial charge in [-0.05, 0) is 53.9 Å². The highest BCUT2D eigenvalue weighted by Gasteiger charge is 2.49. The van der Waals surface area contributed by atoms with Crippen LogP contribution in [-0.2, 0) is 32.8 Å². The Morgan fingerprint density at radius 3 is 2.40 bits per heavy atom. The van der Waals surface area contributed by atoms with Crippen molar-refractivity contribution in [3.05, 3.63) is 120 Å². The number of H-pyrrole nitrogens is 1. The average molecular weight is 642 g/mol. The van der Waals surface area contributed by atoms with Crippen LogP contribution in [0.2, 0.25) is 0 Å². The minimum atomic E-state index is -1.01. The van der Waals surface area contributed by atoms with Crippen molar-refractivity contribution < 1.29 is 28.2 Å². The predicted octanol–water partition coefficient (Wildman–Crippen LogP) is 4.18. The Labute approximate surface area is 273 Å². The molecule has 246 valence electrons. The Balaban J connectivity index is 1.38. The maximum absolute atomic E-state index is 14.3. The SMILES string of the molecule is CCCCOC1(c2cccc(F)c2)CN(C(=O)[C@H](Cc2ccc(OC)cc2)NC(=O)[C@H](Cc2cnc[nH]2)NC(=O)c2ccccc2)C1. The van der Waals surface area contributed by atoms with E-state index in [9.17, 15) is 18.8 Å². The van der Waals surface area contributed by atoms with Gasteiger partial charge in [0.15, 0.2) is 0 Å². The molecular formula is C36H40FN5O5. The normalized spacial score (nSPS) is 14.8. The summed E-state index contributed by atoms with van der Waals surface area (Å²) in [5.41, 5.74) is 1.66. The van der Waals surface area contributed by atoms with Gasteiger partial charge in [0.05, 0.1) is 26.5 Å². The standard InChI is InChI=1S/C36H40FN5O5/c1-3-4-17-47-36(27-11-8-12-28(37)19-27)22-42(23-36)35(45)32(18-25-13-15-30(46-2)16-14-25)41-34(44)31(20-29-21-38-24-39-29)40-33(43)26-9-6-5-7-10-26/h5-16,19,21,24,31-32H,3-4,17-18,20,22-23H2,1-2H3,(H,38,39)(H,40,43)(H,41,44)/t31-,32-/m0/s1. The van der Waals surface area contributed by atoms with Gasteiger partial charge in [-0.25, -0.2) is 9.37 Å². The molecule has 1 aliphatic heterocycles. The van der Waals surface area contributed by atoms with E-state index in [1.807, 2.05) is 18.2 Å². The van der Waals surface area contributed by atoms with Crippen molar-refractivity contribution in [1.29, 1.82) is 0 Å². The molecule has 1 fully saturated rings. The molecule has 11 heteroatoms. The van der Waals surface area contributed by atoms with Gasteiger partial charge >= 0.3 is 0 Å². The van der Waals surface area contributed by atoms with Gasteiger partial charge in [-0.2, -0.15) is 0 Å². The van der Waals surface area contributed by atoms with Gasteiger partial charge in [0.1, 0.15) is 29.3 Å². The van der Waals surface area contributed by atoms with Crippen LogP contribution in [-0.4, -0.2) is 71.5 Å². The lowest BCUT2D eigenvalue weighted by Gasteiger charge is -2.51. The first-order valence-electron chi connectivity index (χ1n) is 15.8. The van der Waals surface area contributed by atoms with Gasteiger partial charge in [0, 0.05) is 36.9 Å². The third kappa shape index (κ3) is 8.42. The molecule has 0 bridgehead atoms. The van der Waals surface area contributed by atoms with Crippen LogP contribution in [0.1, 0.15) is 46.9 Å². The Morgan fingerprint density at radius 2 is 1.74 bits per heavy atom. The molecule has 0 aliphatic carbocycles. The number of aromatic amines is 1. The van der Waals surface area contributed by atoms with Crippen molar-refractivity contribution in [1.82, 2.24) is 25.5 Å². The largest absolute Gasteiger partial charge is 0.497 e. The molecule has 2 heterocycles. The number of hydrogen-bond acceptors (Lipinski definition) is 6. The molecule has 3 N–H and O–H groups in total. The molecular weight excluding hydrogens is 601 g/mol. The summed E-state index contributed by atoms with van der Waals surface area (Å²) in [6.07, 6.45) is 5.16. The molecule has 4 aromatic rings. The van der Waals surface area contributed by atoms with Crippen LogP contribution >= 0.6 is 0 Å². The summed E-state index contributed by atoms with van der Waals surface area (Å²) in [4.78, 5) is 49.8. The van der Waals surface area contributed by atoms with Crippen LogP contribution in [0.5, 0.6) is 5.75 Å². The first kappa shape index (κ1) is 33.3.